The van der Waals surface area contributed by atoms with Gasteiger partial charge in [-0.15, -0.1) is 0 Å². The number of hydrogen-bond acceptors (Lipinski definition) is 5. The van der Waals surface area contributed by atoms with Crippen molar-refractivity contribution in [2.75, 3.05) is 11.1 Å². The molecule has 1 heterocycles. The fourth-order valence-electron chi connectivity index (χ4n) is 1.64. The Labute approximate surface area is 111 Å². The molecule has 0 bridgehead atoms. The van der Waals surface area contributed by atoms with Crippen molar-refractivity contribution in [2.45, 2.75) is 11.8 Å². The molecule has 0 aliphatic heterocycles. The van der Waals surface area contributed by atoms with Crippen molar-refractivity contribution < 1.29 is 13.0 Å². The van der Waals surface area contributed by atoms with E-state index in [0.29, 0.717) is 17.2 Å². The first-order valence-electron chi connectivity index (χ1n) is 5.43. The van der Waals surface area contributed by atoms with Gasteiger partial charge in [-0.2, -0.15) is 8.42 Å². The topological polar surface area (TPSA) is 105 Å². The Hall–Kier alpha value is -2.12. The van der Waals surface area contributed by atoms with E-state index in [9.17, 15) is 8.42 Å². The molecule has 0 saturated carbocycles. The summed E-state index contributed by atoms with van der Waals surface area (Å²) in [5.41, 5.74) is 7.49. The Morgan fingerprint density at radius 1 is 1.26 bits per heavy atom. The average Bonchev–Trinajstić information content (AvgIpc) is 2.26. The van der Waals surface area contributed by atoms with E-state index in [4.69, 9.17) is 10.3 Å². The highest BCUT2D eigenvalue weighted by molar-refractivity contribution is 7.85. The SMILES string of the molecule is Cc1cc(N)cc(Nc2cccc(S(=O)(=O)O)c2)n1. The summed E-state index contributed by atoms with van der Waals surface area (Å²) in [6.07, 6.45) is 0. The lowest BCUT2D eigenvalue weighted by Gasteiger charge is -2.08. The molecule has 0 amide bonds. The van der Waals surface area contributed by atoms with Gasteiger partial charge in [0.1, 0.15) is 5.82 Å². The largest absolute Gasteiger partial charge is 0.399 e. The lowest BCUT2D eigenvalue weighted by molar-refractivity contribution is 0.483. The molecule has 0 aliphatic carbocycles. The van der Waals surface area contributed by atoms with Gasteiger partial charge in [0.15, 0.2) is 0 Å². The third kappa shape index (κ3) is 3.43. The van der Waals surface area contributed by atoms with E-state index < -0.39 is 10.1 Å². The van der Waals surface area contributed by atoms with E-state index in [1.807, 2.05) is 0 Å². The van der Waals surface area contributed by atoms with Crippen molar-refractivity contribution in [3.8, 4) is 0 Å². The van der Waals surface area contributed by atoms with Crippen molar-refractivity contribution in [3.63, 3.8) is 0 Å². The average molecular weight is 279 g/mol. The van der Waals surface area contributed by atoms with Crippen LogP contribution in [0.3, 0.4) is 0 Å². The number of nitrogens with two attached hydrogens (primary N) is 1. The van der Waals surface area contributed by atoms with Gasteiger partial charge < -0.3 is 11.1 Å². The molecule has 19 heavy (non-hydrogen) atoms. The van der Waals surface area contributed by atoms with Crippen LogP contribution >= 0.6 is 0 Å². The number of nitrogen functional groups attached to an aromatic ring is 1. The van der Waals surface area contributed by atoms with E-state index in [1.54, 1.807) is 25.1 Å². The highest BCUT2D eigenvalue weighted by Gasteiger charge is 2.09. The van der Waals surface area contributed by atoms with Gasteiger partial charge in [0.2, 0.25) is 0 Å². The summed E-state index contributed by atoms with van der Waals surface area (Å²) in [5.74, 6) is 0.505. The molecule has 1 aromatic heterocycles. The number of nitrogens with one attached hydrogen (secondary N) is 1. The summed E-state index contributed by atoms with van der Waals surface area (Å²) in [4.78, 5) is 4.04. The smallest absolute Gasteiger partial charge is 0.294 e. The number of hydrogen-bond donors (Lipinski definition) is 3. The molecule has 0 saturated heterocycles. The molecule has 2 aromatic rings. The number of benzene rings is 1. The number of aryl methyl sites for hydroxylation is 1. The summed E-state index contributed by atoms with van der Waals surface area (Å²) < 4.78 is 31.1. The highest BCUT2D eigenvalue weighted by atomic mass is 32.2. The van der Waals surface area contributed by atoms with Gasteiger partial charge in [-0.05, 0) is 31.2 Å². The van der Waals surface area contributed by atoms with Crippen LogP contribution in [0.1, 0.15) is 5.69 Å². The summed E-state index contributed by atoms with van der Waals surface area (Å²) in [7, 11) is -4.22. The first-order chi connectivity index (χ1) is 8.84. The van der Waals surface area contributed by atoms with E-state index in [1.165, 1.54) is 18.2 Å². The van der Waals surface area contributed by atoms with E-state index in [0.717, 1.165) is 5.69 Å². The second kappa shape index (κ2) is 4.87. The minimum Gasteiger partial charge on any atom is -0.399 e. The first kappa shape index (κ1) is 13.3. The van der Waals surface area contributed by atoms with Crippen molar-refractivity contribution >= 4 is 27.3 Å². The fraction of sp³-hybridized carbons (Fsp3) is 0.0833. The highest BCUT2D eigenvalue weighted by Crippen LogP contribution is 2.20. The quantitative estimate of drug-likeness (QED) is 0.742. The third-order valence-electron chi connectivity index (χ3n) is 2.38. The van der Waals surface area contributed by atoms with Gasteiger partial charge in [-0.25, -0.2) is 4.98 Å². The molecule has 0 atom stereocenters. The van der Waals surface area contributed by atoms with Crippen LogP contribution in [0.2, 0.25) is 0 Å². The summed E-state index contributed by atoms with van der Waals surface area (Å²) in [5, 5.41) is 2.93. The Kier molecular flexibility index (Phi) is 3.41. The second-order valence-electron chi connectivity index (χ2n) is 4.05. The maximum absolute atomic E-state index is 11.0. The lowest BCUT2D eigenvalue weighted by atomic mass is 10.3. The van der Waals surface area contributed by atoms with Gasteiger partial charge >= 0.3 is 0 Å². The van der Waals surface area contributed by atoms with Crippen molar-refractivity contribution in [1.82, 2.24) is 4.98 Å². The third-order valence-corrected chi connectivity index (χ3v) is 3.23. The number of aromatic nitrogens is 1. The molecule has 7 heteroatoms. The second-order valence-corrected chi connectivity index (χ2v) is 5.48. The van der Waals surface area contributed by atoms with Crippen LogP contribution in [-0.4, -0.2) is 18.0 Å². The zero-order valence-electron chi connectivity index (χ0n) is 10.2. The van der Waals surface area contributed by atoms with Crippen molar-refractivity contribution in [3.05, 3.63) is 42.1 Å². The molecule has 2 rings (SSSR count). The van der Waals surface area contributed by atoms with Crippen LogP contribution < -0.4 is 11.1 Å². The molecular weight excluding hydrogens is 266 g/mol. The molecule has 100 valence electrons. The maximum Gasteiger partial charge on any atom is 0.294 e. The molecule has 1 aromatic carbocycles. The molecule has 0 spiro atoms. The maximum atomic E-state index is 11.0. The summed E-state index contributed by atoms with van der Waals surface area (Å²) in [6, 6.07) is 9.15. The number of pyridine rings is 1. The van der Waals surface area contributed by atoms with Gasteiger partial charge in [0, 0.05) is 23.1 Å². The molecular formula is C12H13N3O3S. The molecule has 4 N–H and O–H groups in total. The number of rotatable bonds is 3. The van der Waals surface area contributed by atoms with Gasteiger partial charge in [-0.3, -0.25) is 4.55 Å². The molecule has 6 nitrogen and oxygen atoms in total. The molecule has 0 aliphatic rings. The van der Waals surface area contributed by atoms with Crippen LogP contribution in [0.5, 0.6) is 0 Å². The molecule has 0 unspecified atom stereocenters. The van der Waals surface area contributed by atoms with E-state index in [-0.39, 0.29) is 4.90 Å². The Bertz CT molecular complexity index is 694. The summed E-state index contributed by atoms with van der Waals surface area (Å²) in [6.45, 7) is 1.80. The van der Waals surface area contributed by atoms with Gasteiger partial charge in [-0.1, -0.05) is 6.07 Å². The Balaban J connectivity index is 2.33. The van der Waals surface area contributed by atoms with Crippen molar-refractivity contribution in [2.24, 2.45) is 0 Å². The Morgan fingerprint density at radius 2 is 2.00 bits per heavy atom. The minimum absolute atomic E-state index is 0.182. The van der Waals surface area contributed by atoms with E-state index in [2.05, 4.69) is 10.3 Å². The lowest BCUT2D eigenvalue weighted by Crippen LogP contribution is -2.01. The predicted molar refractivity (Wildman–Crippen MR) is 72.9 cm³/mol. The van der Waals surface area contributed by atoms with E-state index >= 15 is 0 Å². The number of anilines is 3. The van der Waals surface area contributed by atoms with Crippen LogP contribution in [0, 0.1) is 6.92 Å². The summed E-state index contributed by atoms with van der Waals surface area (Å²) >= 11 is 0. The van der Waals surface area contributed by atoms with Gasteiger partial charge in [0.05, 0.1) is 4.90 Å². The first-order valence-corrected chi connectivity index (χ1v) is 6.87. The zero-order chi connectivity index (χ0) is 14.0. The van der Waals surface area contributed by atoms with Crippen LogP contribution in [0.15, 0.2) is 41.3 Å². The number of nitrogens with zero attached hydrogens (tertiary/aromatic N) is 1. The monoisotopic (exact) mass is 279 g/mol. The minimum atomic E-state index is -4.22. The Morgan fingerprint density at radius 3 is 2.63 bits per heavy atom. The standard InChI is InChI=1S/C12H13N3O3S/c1-8-5-9(13)6-12(14-8)15-10-3-2-4-11(7-10)19(16,17)18/h2-7H,1H3,(H3,13,14,15)(H,16,17,18). The fourth-order valence-corrected chi connectivity index (χ4v) is 2.17. The normalized spacial score (nSPS) is 11.3. The molecule has 0 radical (unpaired) electrons. The van der Waals surface area contributed by atoms with Gasteiger partial charge in [0.25, 0.3) is 10.1 Å². The van der Waals surface area contributed by atoms with Crippen molar-refractivity contribution in [1.29, 1.82) is 0 Å². The van der Waals surface area contributed by atoms with Crippen LogP contribution in [0.4, 0.5) is 17.2 Å². The molecule has 0 fully saturated rings. The predicted octanol–water partition coefficient (Wildman–Crippen LogP) is 1.96. The van der Waals surface area contributed by atoms with Crippen LogP contribution in [-0.2, 0) is 10.1 Å². The zero-order valence-corrected chi connectivity index (χ0v) is 11.0. The van der Waals surface area contributed by atoms with Crippen LogP contribution in [0.25, 0.3) is 0 Å².